The second kappa shape index (κ2) is 8.23. The van der Waals surface area contributed by atoms with Crippen LogP contribution in [-0.4, -0.2) is 34.6 Å². The van der Waals surface area contributed by atoms with Crippen LogP contribution in [0.5, 0.6) is 0 Å². The number of nitrogens with zero attached hydrogens (tertiary/aromatic N) is 1. The maximum absolute atomic E-state index is 12.8. The average Bonchev–Trinajstić information content (AvgIpc) is 3.36. The lowest BCUT2D eigenvalue weighted by atomic mass is 9.85. The van der Waals surface area contributed by atoms with E-state index in [1.807, 2.05) is 17.5 Å². The smallest absolute Gasteiger partial charge is 0.265 e. The molecule has 2 aliphatic rings. The van der Waals surface area contributed by atoms with E-state index < -0.39 is 11.9 Å². The number of benzene rings is 1. The highest BCUT2D eigenvalue weighted by Crippen LogP contribution is 2.36. The van der Waals surface area contributed by atoms with Gasteiger partial charge in [0.05, 0.1) is 16.7 Å². The molecule has 8 heteroatoms. The second-order valence-electron chi connectivity index (χ2n) is 7.38. The number of hydrogen-bond donors (Lipinski definition) is 2. The molecule has 2 heterocycles. The first-order valence-electron chi connectivity index (χ1n) is 9.73. The van der Waals surface area contributed by atoms with Crippen LogP contribution in [0.1, 0.15) is 29.4 Å². The zero-order chi connectivity index (χ0) is 21.3. The van der Waals surface area contributed by atoms with Gasteiger partial charge in [-0.2, -0.15) is 0 Å². The van der Waals surface area contributed by atoms with Crippen LogP contribution >= 0.6 is 11.3 Å². The van der Waals surface area contributed by atoms with Gasteiger partial charge in [-0.1, -0.05) is 24.3 Å². The molecule has 154 valence electrons. The van der Waals surface area contributed by atoms with Crippen molar-refractivity contribution < 1.29 is 19.2 Å². The van der Waals surface area contributed by atoms with Crippen molar-refractivity contribution >= 4 is 46.3 Å². The van der Waals surface area contributed by atoms with Gasteiger partial charge in [0, 0.05) is 11.4 Å². The number of hydrogen-bond acceptors (Lipinski definition) is 5. The van der Waals surface area contributed by atoms with Crippen molar-refractivity contribution in [3.8, 4) is 0 Å². The summed E-state index contributed by atoms with van der Waals surface area (Å²) < 4.78 is 0. The van der Waals surface area contributed by atoms with E-state index in [4.69, 9.17) is 0 Å². The van der Waals surface area contributed by atoms with Crippen LogP contribution in [-0.2, 0) is 14.4 Å². The van der Waals surface area contributed by atoms with Crippen LogP contribution in [0.25, 0.3) is 0 Å². The van der Waals surface area contributed by atoms with Crippen molar-refractivity contribution in [2.24, 2.45) is 11.8 Å². The van der Waals surface area contributed by atoms with Gasteiger partial charge in [0.15, 0.2) is 0 Å². The summed E-state index contributed by atoms with van der Waals surface area (Å²) in [5.41, 5.74) is 0.998. The highest BCUT2D eigenvalue weighted by atomic mass is 32.1. The molecule has 2 N–H and O–H groups in total. The summed E-state index contributed by atoms with van der Waals surface area (Å²) in [5, 5.41) is 7.34. The molecule has 1 aromatic carbocycles. The molecule has 30 heavy (non-hydrogen) atoms. The van der Waals surface area contributed by atoms with Crippen molar-refractivity contribution in [1.82, 2.24) is 4.90 Å². The van der Waals surface area contributed by atoms with Gasteiger partial charge in [0.1, 0.15) is 6.04 Å². The standard InChI is InChI=1S/C22H21N3O4S/c1-13(25-21(28)16-8-2-3-9-17(16)22(25)29)19(26)23-14-6-4-7-15(12-14)24-20(27)18-10-5-11-30-18/h2-7,10-13,16-17H,8-9H2,1H3,(H,23,26)(H,24,27)/t13-,16-,17-/m1/s1. The van der Waals surface area contributed by atoms with Gasteiger partial charge in [0.25, 0.3) is 5.91 Å². The molecule has 7 nitrogen and oxygen atoms in total. The summed E-state index contributed by atoms with van der Waals surface area (Å²) in [6.45, 7) is 1.55. The van der Waals surface area contributed by atoms with E-state index in [1.54, 1.807) is 43.3 Å². The van der Waals surface area contributed by atoms with E-state index >= 15 is 0 Å². The highest BCUT2D eigenvalue weighted by Gasteiger charge is 2.50. The fourth-order valence-corrected chi connectivity index (χ4v) is 4.47. The quantitative estimate of drug-likeness (QED) is 0.570. The average molecular weight is 423 g/mol. The minimum Gasteiger partial charge on any atom is -0.324 e. The van der Waals surface area contributed by atoms with E-state index in [0.717, 1.165) is 4.90 Å². The fourth-order valence-electron chi connectivity index (χ4n) is 3.85. The first kappa shape index (κ1) is 20.0. The molecule has 0 spiro atoms. The van der Waals surface area contributed by atoms with E-state index in [1.165, 1.54) is 11.3 Å². The Balaban J connectivity index is 1.43. The van der Waals surface area contributed by atoms with Gasteiger partial charge in [-0.05, 0) is 49.4 Å². The molecule has 1 aromatic heterocycles. The van der Waals surface area contributed by atoms with Crippen LogP contribution in [0.3, 0.4) is 0 Å². The number of nitrogens with one attached hydrogen (secondary N) is 2. The SMILES string of the molecule is C[C@H](C(=O)Nc1cccc(NC(=O)c2cccs2)c1)N1C(=O)[C@@H]2CC=CC[C@H]2C1=O. The van der Waals surface area contributed by atoms with Gasteiger partial charge in [-0.3, -0.25) is 24.1 Å². The maximum atomic E-state index is 12.8. The first-order valence-corrected chi connectivity index (χ1v) is 10.6. The van der Waals surface area contributed by atoms with Gasteiger partial charge in [0.2, 0.25) is 17.7 Å². The van der Waals surface area contributed by atoms with E-state index in [9.17, 15) is 19.2 Å². The Morgan fingerprint density at radius 1 is 1.00 bits per heavy atom. The summed E-state index contributed by atoms with van der Waals surface area (Å²) >= 11 is 1.34. The summed E-state index contributed by atoms with van der Waals surface area (Å²) in [6, 6.07) is 9.35. The Bertz CT molecular complexity index is 1000. The lowest BCUT2D eigenvalue weighted by Crippen LogP contribution is -2.46. The van der Waals surface area contributed by atoms with Crippen LogP contribution in [0.2, 0.25) is 0 Å². The molecule has 2 aromatic rings. The largest absolute Gasteiger partial charge is 0.324 e. The zero-order valence-corrected chi connectivity index (χ0v) is 17.1. The highest BCUT2D eigenvalue weighted by molar-refractivity contribution is 7.12. The number of anilines is 2. The predicted molar refractivity (Wildman–Crippen MR) is 114 cm³/mol. The second-order valence-corrected chi connectivity index (χ2v) is 8.33. The van der Waals surface area contributed by atoms with Gasteiger partial charge in [-0.25, -0.2) is 0 Å². The van der Waals surface area contributed by atoms with Crippen molar-refractivity contribution in [3.05, 3.63) is 58.8 Å². The number of fused-ring (bicyclic) bond motifs is 1. The van der Waals surface area contributed by atoms with E-state index in [-0.39, 0.29) is 29.6 Å². The van der Waals surface area contributed by atoms with Gasteiger partial charge >= 0.3 is 0 Å². The number of likely N-dealkylation sites (tertiary alicyclic amines) is 1. The van der Waals surface area contributed by atoms with Crippen molar-refractivity contribution in [3.63, 3.8) is 0 Å². The van der Waals surface area contributed by atoms with Crippen LogP contribution in [0.4, 0.5) is 11.4 Å². The number of thiophene rings is 1. The molecule has 4 rings (SSSR count). The minimum absolute atomic E-state index is 0.230. The molecule has 0 bridgehead atoms. The van der Waals surface area contributed by atoms with Crippen molar-refractivity contribution in [1.29, 1.82) is 0 Å². The van der Waals surface area contributed by atoms with E-state index in [2.05, 4.69) is 10.6 Å². The molecule has 0 unspecified atom stereocenters. The molecule has 3 atom stereocenters. The lowest BCUT2D eigenvalue weighted by molar-refractivity contribution is -0.146. The van der Waals surface area contributed by atoms with Gasteiger partial charge < -0.3 is 10.6 Å². The Kier molecular flexibility index (Phi) is 5.50. The number of carbonyl (C=O) groups is 4. The maximum Gasteiger partial charge on any atom is 0.265 e. The topological polar surface area (TPSA) is 95.6 Å². The molecule has 1 saturated heterocycles. The first-order chi connectivity index (χ1) is 14.5. The summed E-state index contributed by atoms with van der Waals surface area (Å²) in [5.74, 6) is -1.98. The number of allylic oxidation sites excluding steroid dienone is 2. The normalized spacial score (nSPS) is 21.3. The molecule has 4 amide bonds. The summed E-state index contributed by atoms with van der Waals surface area (Å²) in [4.78, 5) is 52.0. The summed E-state index contributed by atoms with van der Waals surface area (Å²) in [7, 11) is 0. The third kappa shape index (κ3) is 3.78. The van der Waals surface area contributed by atoms with Gasteiger partial charge in [-0.15, -0.1) is 11.3 Å². The van der Waals surface area contributed by atoms with Crippen molar-refractivity contribution in [2.75, 3.05) is 10.6 Å². The number of carbonyl (C=O) groups excluding carboxylic acids is 4. The van der Waals surface area contributed by atoms with E-state index in [0.29, 0.717) is 29.1 Å². The third-order valence-corrected chi connectivity index (χ3v) is 6.31. The number of rotatable bonds is 5. The predicted octanol–water partition coefficient (Wildman–Crippen LogP) is 3.28. The Morgan fingerprint density at radius 2 is 1.63 bits per heavy atom. The zero-order valence-electron chi connectivity index (χ0n) is 16.3. The Hall–Kier alpha value is -3.26. The Labute approximate surface area is 177 Å². The molecule has 1 aliphatic heterocycles. The minimum atomic E-state index is -0.917. The number of imide groups is 1. The fraction of sp³-hybridized carbons (Fsp3) is 0.273. The van der Waals surface area contributed by atoms with Crippen LogP contribution in [0.15, 0.2) is 53.9 Å². The molecule has 0 radical (unpaired) electrons. The molecule has 1 aliphatic carbocycles. The molecule has 1 fully saturated rings. The number of amides is 4. The Morgan fingerprint density at radius 3 is 2.23 bits per heavy atom. The van der Waals surface area contributed by atoms with Crippen LogP contribution in [0, 0.1) is 11.8 Å². The molecular formula is C22H21N3O4S. The van der Waals surface area contributed by atoms with Crippen LogP contribution < -0.4 is 10.6 Å². The third-order valence-electron chi connectivity index (χ3n) is 5.44. The lowest BCUT2D eigenvalue weighted by Gasteiger charge is -2.22. The summed E-state index contributed by atoms with van der Waals surface area (Å²) in [6.07, 6.45) is 4.89. The molecule has 0 saturated carbocycles. The monoisotopic (exact) mass is 423 g/mol. The molecular weight excluding hydrogens is 402 g/mol. The van der Waals surface area contributed by atoms with Crippen molar-refractivity contribution in [2.45, 2.75) is 25.8 Å².